The van der Waals surface area contributed by atoms with Crippen molar-refractivity contribution >= 4 is 27.4 Å². The fourth-order valence-electron chi connectivity index (χ4n) is 3.07. The van der Waals surface area contributed by atoms with E-state index in [0.29, 0.717) is 24.8 Å². The number of aromatic nitrogens is 2. The van der Waals surface area contributed by atoms with E-state index in [-0.39, 0.29) is 6.61 Å². The van der Waals surface area contributed by atoms with E-state index in [1.807, 2.05) is 6.92 Å². The summed E-state index contributed by atoms with van der Waals surface area (Å²) in [6.45, 7) is 2.74. The number of methoxy groups -OCH3 is 1. The summed E-state index contributed by atoms with van der Waals surface area (Å²) < 4.78 is 5.15. The summed E-state index contributed by atoms with van der Waals surface area (Å²) in [5.74, 6) is 1.23. The van der Waals surface area contributed by atoms with Gasteiger partial charge in [-0.3, -0.25) is 0 Å². The second kappa shape index (κ2) is 6.68. The largest absolute Gasteiger partial charge is 0.394 e. The van der Waals surface area contributed by atoms with Crippen molar-refractivity contribution in [2.24, 2.45) is 0 Å². The topological polar surface area (TPSA) is 93.3 Å². The summed E-state index contributed by atoms with van der Waals surface area (Å²) in [6.07, 6.45) is 4.66. The summed E-state index contributed by atoms with van der Waals surface area (Å²) in [6, 6.07) is 0. The average Bonchev–Trinajstić information content (AvgIpc) is 2.92. The lowest BCUT2D eigenvalue weighted by atomic mass is 9.97. The van der Waals surface area contributed by atoms with Gasteiger partial charge >= 0.3 is 0 Å². The zero-order valence-electron chi connectivity index (χ0n) is 13.7. The van der Waals surface area contributed by atoms with Gasteiger partial charge in [0.15, 0.2) is 0 Å². The van der Waals surface area contributed by atoms with Gasteiger partial charge < -0.3 is 20.9 Å². The van der Waals surface area contributed by atoms with Gasteiger partial charge in [-0.25, -0.2) is 9.97 Å². The lowest BCUT2D eigenvalue weighted by Crippen LogP contribution is -2.49. The monoisotopic (exact) mass is 336 g/mol. The van der Waals surface area contributed by atoms with Crippen LogP contribution in [0.4, 0.5) is 5.82 Å². The molecule has 3 rings (SSSR count). The van der Waals surface area contributed by atoms with Crippen molar-refractivity contribution < 1.29 is 9.84 Å². The lowest BCUT2D eigenvalue weighted by molar-refractivity contribution is 0.0718. The predicted octanol–water partition coefficient (Wildman–Crippen LogP) is 1.64. The summed E-state index contributed by atoms with van der Waals surface area (Å²) in [4.78, 5) is 11.5. The fourth-order valence-corrected chi connectivity index (χ4v) is 4.36. The van der Waals surface area contributed by atoms with E-state index in [0.717, 1.165) is 23.1 Å². The smallest absolute Gasteiger partial charge is 0.146 e. The van der Waals surface area contributed by atoms with Crippen molar-refractivity contribution in [3.05, 3.63) is 16.3 Å². The van der Waals surface area contributed by atoms with Gasteiger partial charge in [0.25, 0.3) is 0 Å². The first-order valence-electron chi connectivity index (χ1n) is 7.98. The van der Waals surface area contributed by atoms with Gasteiger partial charge in [-0.2, -0.15) is 0 Å². The summed E-state index contributed by atoms with van der Waals surface area (Å²) >= 11 is 1.74. The first-order valence-corrected chi connectivity index (χ1v) is 8.79. The minimum atomic E-state index is -0.517. The number of hydrogen-bond acceptors (Lipinski definition) is 7. The second-order valence-electron chi connectivity index (χ2n) is 6.42. The molecular formula is C16H24N4O2S. The molecule has 0 amide bonds. The number of nitrogen functional groups attached to an aromatic ring is 1. The number of nitrogens with two attached hydrogens (primary N) is 1. The van der Waals surface area contributed by atoms with Crippen LogP contribution in [0.25, 0.3) is 10.2 Å². The molecule has 126 valence electrons. The van der Waals surface area contributed by atoms with Crippen LogP contribution in [0.15, 0.2) is 0 Å². The third kappa shape index (κ3) is 3.33. The van der Waals surface area contributed by atoms with Crippen LogP contribution in [0.1, 0.15) is 36.0 Å². The van der Waals surface area contributed by atoms with Gasteiger partial charge in [0, 0.05) is 12.0 Å². The molecule has 0 aromatic carbocycles. The van der Waals surface area contributed by atoms with Crippen LogP contribution in [0.5, 0.6) is 0 Å². The molecule has 4 N–H and O–H groups in total. The molecule has 2 heterocycles. The lowest BCUT2D eigenvalue weighted by Gasteiger charge is -2.27. The van der Waals surface area contributed by atoms with Crippen LogP contribution < -0.4 is 11.1 Å². The highest BCUT2D eigenvalue weighted by Gasteiger charge is 2.24. The number of nitrogens with one attached hydrogen (secondary N) is 1. The number of aliphatic hydroxyl groups excluding tert-OH is 1. The Morgan fingerprint density at radius 2 is 2.13 bits per heavy atom. The molecule has 7 heteroatoms. The first-order chi connectivity index (χ1) is 11.1. The van der Waals surface area contributed by atoms with Crippen molar-refractivity contribution in [1.29, 1.82) is 0 Å². The molecule has 0 fully saturated rings. The van der Waals surface area contributed by atoms with Gasteiger partial charge in [-0.15, -0.1) is 11.3 Å². The second-order valence-corrected chi connectivity index (χ2v) is 7.51. The van der Waals surface area contributed by atoms with E-state index < -0.39 is 5.54 Å². The SMILES string of the molecule is COCC(C)(CO)NCc1nc(N)c2c3c(sc2n1)CCCC3. The number of ether oxygens (including phenoxy) is 1. The summed E-state index contributed by atoms with van der Waals surface area (Å²) in [5, 5.41) is 13.8. The molecule has 1 atom stereocenters. The van der Waals surface area contributed by atoms with Crippen LogP contribution in [-0.2, 0) is 24.1 Å². The maximum absolute atomic E-state index is 9.53. The van der Waals surface area contributed by atoms with Crippen molar-refractivity contribution in [3.63, 3.8) is 0 Å². The van der Waals surface area contributed by atoms with Crippen LogP contribution in [-0.4, -0.2) is 40.9 Å². The molecule has 2 aromatic heterocycles. The highest BCUT2D eigenvalue weighted by Crippen LogP contribution is 2.37. The van der Waals surface area contributed by atoms with Crippen molar-refractivity contribution in [3.8, 4) is 0 Å². The Balaban J connectivity index is 1.85. The van der Waals surface area contributed by atoms with Gasteiger partial charge in [-0.05, 0) is 38.2 Å². The van der Waals surface area contributed by atoms with Crippen LogP contribution in [0.2, 0.25) is 0 Å². The molecule has 0 bridgehead atoms. The Morgan fingerprint density at radius 3 is 2.87 bits per heavy atom. The molecule has 6 nitrogen and oxygen atoms in total. The van der Waals surface area contributed by atoms with Crippen molar-refractivity contribution in [2.45, 2.75) is 44.7 Å². The number of rotatable bonds is 6. The number of aryl methyl sites for hydroxylation is 2. The molecule has 1 aliphatic rings. The van der Waals surface area contributed by atoms with E-state index in [9.17, 15) is 5.11 Å². The highest BCUT2D eigenvalue weighted by atomic mass is 32.1. The van der Waals surface area contributed by atoms with E-state index in [2.05, 4.69) is 15.3 Å². The van der Waals surface area contributed by atoms with Crippen LogP contribution in [0, 0.1) is 0 Å². The molecule has 1 unspecified atom stereocenters. The zero-order valence-corrected chi connectivity index (χ0v) is 14.5. The normalized spacial score (nSPS) is 17.2. The standard InChI is InChI=1S/C16H24N4O2S/c1-16(8-21,9-22-2)18-7-12-19-14(17)13-10-5-3-4-6-11(10)23-15(13)20-12/h18,21H,3-9H2,1-2H3,(H2,17,19,20). The van der Waals surface area contributed by atoms with Crippen LogP contribution in [0.3, 0.4) is 0 Å². The third-order valence-electron chi connectivity index (χ3n) is 4.37. The number of hydrogen-bond donors (Lipinski definition) is 3. The quantitative estimate of drug-likeness (QED) is 0.742. The molecule has 0 saturated carbocycles. The van der Waals surface area contributed by atoms with E-state index >= 15 is 0 Å². The Bertz CT molecular complexity index is 703. The van der Waals surface area contributed by atoms with E-state index in [4.69, 9.17) is 10.5 Å². The van der Waals surface area contributed by atoms with Crippen molar-refractivity contribution in [1.82, 2.24) is 15.3 Å². The third-order valence-corrected chi connectivity index (χ3v) is 5.56. The Kier molecular flexibility index (Phi) is 4.82. The Labute approximate surface area is 140 Å². The van der Waals surface area contributed by atoms with Gasteiger partial charge in [0.05, 0.1) is 30.7 Å². The Hall–Kier alpha value is -1.28. The maximum Gasteiger partial charge on any atom is 0.146 e. The van der Waals surface area contributed by atoms with E-state index in [1.54, 1.807) is 18.4 Å². The summed E-state index contributed by atoms with van der Waals surface area (Å²) in [7, 11) is 1.62. The minimum absolute atomic E-state index is 0.0220. The van der Waals surface area contributed by atoms with Gasteiger partial charge in [-0.1, -0.05) is 0 Å². The van der Waals surface area contributed by atoms with Crippen molar-refractivity contribution in [2.75, 3.05) is 26.1 Å². The average molecular weight is 336 g/mol. The number of thiophene rings is 1. The molecule has 2 aromatic rings. The molecule has 0 radical (unpaired) electrons. The number of anilines is 1. The predicted molar refractivity (Wildman–Crippen MR) is 92.7 cm³/mol. The number of aliphatic hydroxyl groups is 1. The number of nitrogens with zero attached hydrogens (tertiary/aromatic N) is 2. The molecule has 1 aliphatic carbocycles. The van der Waals surface area contributed by atoms with E-state index in [1.165, 1.54) is 23.3 Å². The minimum Gasteiger partial charge on any atom is -0.394 e. The van der Waals surface area contributed by atoms with Gasteiger partial charge in [0.2, 0.25) is 0 Å². The highest BCUT2D eigenvalue weighted by molar-refractivity contribution is 7.19. The van der Waals surface area contributed by atoms with Crippen LogP contribution >= 0.6 is 11.3 Å². The summed E-state index contributed by atoms with van der Waals surface area (Å²) in [5.41, 5.74) is 7.05. The first kappa shape index (κ1) is 16.6. The van der Waals surface area contributed by atoms with Gasteiger partial charge in [0.1, 0.15) is 16.5 Å². The fraction of sp³-hybridized carbons (Fsp3) is 0.625. The maximum atomic E-state index is 9.53. The molecule has 0 aliphatic heterocycles. The molecular weight excluding hydrogens is 312 g/mol. The molecule has 0 saturated heterocycles. The number of fused-ring (bicyclic) bond motifs is 3. The molecule has 0 spiro atoms. The molecule has 23 heavy (non-hydrogen) atoms. The Morgan fingerprint density at radius 1 is 1.35 bits per heavy atom. The zero-order chi connectivity index (χ0) is 16.4.